The normalized spacial score (nSPS) is 26.0. The summed E-state index contributed by atoms with van der Waals surface area (Å²) in [4.78, 5) is 37.2. The lowest BCUT2D eigenvalue weighted by Gasteiger charge is -2.32. The van der Waals surface area contributed by atoms with E-state index in [1.54, 1.807) is 41.5 Å². The van der Waals surface area contributed by atoms with E-state index in [4.69, 9.17) is 39.4 Å². The van der Waals surface area contributed by atoms with Gasteiger partial charge in [-0.1, -0.05) is 6.58 Å². The van der Waals surface area contributed by atoms with E-state index in [0.717, 1.165) is 4.90 Å². The quantitative estimate of drug-likeness (QED) is 0.155. The van der Waals surface area contributed by atoms with Gasteiger partial charge in [0.05, 0.1) is 23.3 Å². The number of nitrogens with zero attached hydrogens (tertiary/aromatic N) is 1. The van der Waals surface area contributed by atoms with Crippen LogP contribution in [0.2, 0.25) is 0 Å². The first-order chi connectivity index (χ1) is 17.8. The SMILES string of the molecule is C=C1C=CN([C@@H]2O[C@](CCl)(COP(=O)(OCOC(=O)C(C)(C)C)OCOC(=O)C(C)(C)C)[C@@H](O)[C@H]2F)C(=O)N1. The Morgan fingerprint density at radius 1 is 1.15 bits per heavy atom. The van der Waals surface area contributed by atoms with Gasteiger partial charge in [0.25, 0.3) is 0 Å². The molecule has 222 valence electrons. The Labute approximate surface area is 231 Å². The fourth-order valence-electron chi connectivity index (χ4n) is 3.00. The van der Waals surface area contributed by atoms with Crippen molar-refractivity contribution in [2.45, 2.75) is 65.6 Å². The molecule has 0 bridgehead atoms. The van der Waals surface area contributed by atoms with Crippen LogP contribution in [-0.2, 0) is 41.9 Å². The summed E-state index contributed by atoms with van der Waals surface area (Å²) in [6.07, 6.45) is -3.14. The van der Waals surface area contributed by atoms with E-state index < -0.39 is 86.8 Å². The number of carbonyl (C=O) groups is 3. The van der Waals surface area contributed by atoms with Gasteiger partial charge in [0.1, 0.15) is 11.7 Å². The molecule has 13 nitrogen and oxygen atoms in total. The van der Waals surface area contributed by atoms with Crippen molar-refractivity contribution >= 4 is 37.4 Å². The van der Waals surface area contributed by atoms with Crippen molar-refractivity contribution in [1.82, 2.24) is 10.2 Å². The Balaban J connectivity index is 2.18. The molecule has 0 aromatic carbocycles. The van der Waals surface area contributed by atoms with Gasteiger partial charge in [-0.15, -0.1) is 11.6 Å². The number of nitrogens with one attached hydrogen (secondary N) is 1. The molecule has 2 rings (SSSR count). The molecule has 1 fully saturated rings. The molecule has 2 aliphatic heterocycles. The highest BCUT2D eigenvalue weighted by Crippen LogP contribution is 2.51. The van der Waals surface area contributed by atoms with E-state index in [9.17, 15) is 24.1 Å². The lowest BCUT2D eigenvalue weighted by Crippen LogP contribution is -2.48. The number of hydrogen-bond acceptors (Lipinski definition) is 11. The third-order valence-corrected chi connectivity index (χ3v) is 7.14. The predicted molar refractivity (Wildman–Crippen MR) is 134 cm³/mol. The van der Waals surface area contributed by atoms with Crippen molar-refractivity contribution in [2.75, 3.05) is 26.1 Å². The maximum Gasteiger partial charge on any atom is 0.480 e. The van der Waals surface area contributed by atoms with Crippen LogP contribution in [-0.4, -0.2) is 78.2 Å². The Bertz CT molecular complexity index is 993. The number of amides is 2. The molecule has 16 heteroatoms. The first-order valence-electron chi connectivity index (χ1n) is 11.8. The summed E-state index contributed by atoms with van der Waals surface area (Å²) in [7, 11) is -4.71. The molecule has 0 aromatic heterocycles. The van der Waals surface area contributed by atoms with E-state index in [0.29, 0.717) is 0 Å². The predicted octanol–water partition coefficient (Wildman–Crippen LogP) is 3.32. The van der Waals surface area contributed by atoms with Gasteiger partial charge in [-0.25, -0.2) is 22.8 Å². The third-order valence-electron chi connectivity index (χ3n) is 5.40. The summed E-state index contributed by atoms with van der Waals surface area (Å²) in [5, 5.41) is 13.0. The lowest BCUT2D eigenvalue weighted by molar-refractivity contribution is -0.164. The number of rotatable bonds is 11. The standard InChI is InChI=1S/C23H35ClFN2O11P/c1-14-8-9-27(20(31)26-14)17-15(25)16(28)23(10-24,38-17)11-35-39(32,36-12-33-18(29)21(2,3)4)37-13-34-19(30)22(5,6)7/h8-9,15-17,28H,1,10-13H2,2-7H3,(H,26,31)/t15-,16+,17-,23-/m1/s1. The monoisotopic (exact) mass is 600 g/mol. The first-order valence-corrected chi connectivity index (χ1v) is 13.8. The van der Waals surface area contributed by atoms with Gasteiger partial charge in [-0.05, 0) is 47.6 Å². The van der Waals surface area contributed by atoms with Crippen molar-refractivity contribution in [3.05, 3.63) is 24.6 Å². The second kappa shape index (κ2) is 12.6. The third kappa shape index (κ3) is 8.46. The molecular formula is C23H35ClFN2O11P. The fraction of sp³-hybridized carbons (Fsp3) is 0.696. The minimum Gasteiger partial charge on any atom is -0.437 e. The average molecular weight is 601 g/mol. The van der Waals surface area contributed by atoms with E-state index >= 15 is 4.39 Å². The molecule has 2 amide bonds. The maximum absolute atomic E-state index is 15.1. The molecule has 0 aromatic rings. The molecule has 0 saturated carbocycles. The molecule has 2 N–H and O–H groups in total. The molecule has 4 atom stereocenters. The van der Waals surface area contributed by atoms with Crippen LogP contribution in [0.3, 0.4) is 0 Å². The van der Waals surface area contributed by atoms with E-state index in [2.05, 4.69) is 11.9 Å². The Kier molecular flexibility index (Phi) is 10.7. The molecule has 0 spiro atoms. The molecule has 39 heavy (non-hydrogen) atoms. The van der Waals surface area contributed by atoms with Gasteiger partial charge < -0.3 is 24.6 Å². The summed E-state index contributed by atoms with van der Waals surface area (Å²) in [6.45, 7) is 10.4. The van der Waals surface area contributed by atoms with Crippen molar-refractivity contribution in [1.29, 1.82) is 0 Å². The van der Waals surface area contributed by atoms with E-state index in [-0.39, 0.29) is 5.70 Å². The first kappa shape index (κ1) is 33.1. The Morgan fingerprint density at radius 2 is 1.67 bits per heavy atom. The van der Waals surface area contributed by atoms with Crippen LogP contribution in [0, 0.1) is 10.8 Å². The number of phosphoric acid groups is 1. The summed E-state index contributed by atoms with van der Waals surface area (Å²) < 4.78 is 59.3. The number of halogens is 2. The number of aliphatic hydroxyl groups excluding tert-OH is 1. The van der Waals surface area contributed by atoms with Crippen LogP contribution in [0.1, 0.15) is 41.5 Å². The zero-order valence-electron chi connectivity index (χ0n) is 22.6. The topological polar surface area (TPSA) is 159 Å². The number of phosphoric ester groups is 1. The Morgan fingerprint density at radius 3 is 2.10 bits per heavy atom. The smallest absolute Gasteiger partial charge is 0.437 e. The van der Waals surface area contributed by atoms with Gasteiger partial charge in [-0.2, -0.15) is 0 Å². The number of esters is 2. The van der Waals surface area contributed by atoms with Crippen molar-refractivity contribution in [3.63, 3.8) is 0 Å². The number of carbonyl (C=O) groups excluding carboxylic acids is 3. The van der Waals surface area contributed by atoms with Crippen LogP contribution >= 0.6 is 19.4 Å². The molecule has 1 saturated heterocycles. The fourth-order valence-corrected chi connectivity index (χ4v) is 4.27. The molecular weight excluding hydrogens is 566 g/mol. The number of hydrogen-bond donors (Lipinski definition) is 2. The number of urea groups is 1. The van der Waals surface area contributed by atoms with Crippen molar-refractivity contribution < 1.29 is 56.2 Å². The number of alkyl halides is 2. The highest BCUT2D eigenvalue weighted by Gasteiger charge is 2.58. The molecule has 0 aliphatic carbocycles. The summed E-state index contributed by atoms with van der Waals surface area (Å²) >= 11 is 6.02. The van der Waals surface area contributed by atoms with Gasteiger partial charge in [-0.3, -0.25) is 19.0 Å². The summed E-state index contributed by atoms with van der Waals surface area (Å²) in [5.74, 6) is -1.97. The Hall–Kier alpha value is -2.06. The van der Waals surface area contributed by atoms with Crippen LogP contribution in [0.25, 0.3) is 0 Å². The van der Waals surface area contributed by atoms with Gasteiger partial charge in [0, 0.05) is 11.9 Å². The second-order valence-corrected chi connectivity index (χ2v) is 12.8. The highest BCUT2D eigenvalue weighted by molar-refractivity contribution is 7.48. The van der Waals surface area contributed by atoms with Crippen LogP contribution in [0.15, 0.2) is 24.6 Å². The second-order valence-electron chi connectivity index (χ2n) is 10.9. The van der Waals surface area contributed by atoms with Crippen LogP contribution < -0.4 is 5.32 Å². The largest absolute Gasteiger partial charge is 0.480 e. The maximum atomic E-state index is 15.1. The zero-order valence-corrected chi connectivity index (χ0v) is 24.3. The van der Waals surface area contributed by atoms with Gasteiger partial charge >= 0.3 is 25.8 Å². The number of aliphatic hydroxyl groups is 1. The number of ether oxygens (including phenoxy) is 3. The molecule has 2 aliphatic rings. The van der Waals surface area contributed by atoms with Crippen molar-refractivity contribution in [2.24, 2.45) is 10.8 Å². The van der Waals surface area contributed by atoms with E-state index in [1.165, 1.54) is 12.3 Å². The summed E-state index contributed by atoms with van der Waals surface area (Å²) in [6, 6.07) is -0.771. The highest BCUT2D eigenvalue weighted by atomic mass is 35.5. The molecule has 0 radical (unpaired) electrons. The van der Waals surface area contributed by atoms with Crippen molar-refractivity contribution in [3.8, 4) is 0 Å². The minimum absolute atomic E-state index is 0.256. The van der Waals surface area contributed by atoms with Crippen LogP contribution in [0.5, 0.6) is 0 Å². The lowest BCUT2D eigenvalue weighted by atomic mass is 9.98. The zero-order chi connectivity index (χ0) is 29.8. The average Bonchev–Trinajstić information content (AvgIpc) is 3.07. The number of allylic oxidation sites excluding steroid dienone is 1. The van der Waals surface area contributed by atoms with Gasteiger partial charge in [0.2, 0.25) is 13.6 Å². The minimum atomic E-state index is -4.71. The van der Waals surface area contributed by atoms with Gasteiger partial charge in [0.15, 0.2) is 12.4 Å². The molecule has 0 unspecified atom stereocenters. The van der Waals surface area contributed by atoms with E-state index in [1.807, 2.05) is 0 Å². The summed E-state index contributed by atoms with van der Waals surface area (Å²) in [5.41, 5.74) is -3.59. The van der Waals surface area contributed by atoms with Crippen LogP contribution in [0.4, 0.5) is 9.18 Å². The molecule has 2 heterocycles.